The first-order valence-corrected chi connectivity index (χ1v) is 6.31. The molecule has 0 bridgehead atoms. The van der Waals surface area contributed by atoms with Crippen LogP contribution in [0.4, 0.5) is 8.78 Å². The third-order valence-electron chi connectivity index (χ3n) is 3.34. The van der Waals surface area contributed by atoms with Crippen LogP contribution in [0.1, 0.15) is 15.9 Å². The Bertz CT molecular complexity index is 822. The third kappa shape index (κ3) is 2.50. The molecule has 1 N–H and O–H groups in total. The molecule has 106 valence electrons. The number of rotatable bonds is 3. The number of hydrogen-bond donors (Lipinski definition) is 1. The number of hydrogen-bond acceptors (Lipinski definition) is 1. The van der Waals surface area contributed by atoms with Crippen LogP contribution >= 0.6 is 0 Å². The highest BCUT2D eigenvalue weighted by Gasteiger charge is 2.15. The number of benzene rings is 2. The number of halogens is 2. The molecule has 0 amide bonds. The van der Waals surface area contributed by atoms with Crippen LogP contribution in [0.15, 0.2) is 48.7 Å². The molecule has 0 unspecified atom stereocenters. The van der Waals surface area contributed by atoms with Crippen LogP contribution < -0.4 is 0 Å². The molecule has 0 saturated heterocycles. The standard InChI is InChI=1S/C16H11F2NO2/c17-11-3-1-10(2-4-11)8-19-9-14(16(20)21)13-7-12(18)5-6-15(13)19/h1-7,9H,8H2,(H,20,21). The van der Waals surface area contributed by atoms with E-state index < -0.39 is 11.8 Å². The summed E-state index contributed by atoms with van der Waals surface area (Å²) in [6, 6.07) is 9.99. The zero-order valence-electron chi connectivity index (χ0n) is 10.9. The SMILES string of the molecule is O=C(O)c1cn(Cc2ccc(F)cc2)c2ccc(F)cc12. The summed E-state index contributed by atoms with van der Waals surface area (Å²) in [7, 11) is 0. The second kappa shape index (κ2) is 5.01. The smallest absolute Gasteiger partial charge is 0.337 e. The van der Waals surface area contributed by atoms with E-state index >= 15 is 0 Å². The Balaban J connectivity index is 2.10. The van der Waals surface area contributed by atoms with Crippen LogP contribution in [0.3, 0.4) is 0 Å². The minimum atomic E-state index is -1.11. The summed E-state index contributed by atoms with van der Waals surface area (Å²) in [5.74, 6) is -1.92. The molecular formula is C16H11F2NO2. The van der Waals surface area contributed by atoms with Crippen LogP contribution in [0.2, 0.25) is 0 Å². The van der Waals surface area contributed by atoms with Gasteiger partial charge in [0.05, 0.1) is 5.56 Å². The van der Waals surface area contributed by atoms with E-state index in [1.54, 1.807) is 22.8 Å². The van der Waals surface area contributed by atoms with Gasteiger partial charge in [-0.3, -0.25) is 0 Å². The van der Waals surface area contributed by atoms with E-state index in [-0.39, 0.29) is 11.4 Å². The summed E-state index contributed by atoms with van der Waals surface area (Å²) in [5, 5.41) is 9.56. The first kappa shape index (κ1) is 13.3. The van der Waals surface area contributed by atoms with Gasteiger partial charge < -0.3 is 9.67 Å². The fourth-order valence-electron chi connectivity index (χ4n) is 2.36. The van der Waals surface area contributed by atoms with Gasteiger partial charge in [0.15, 0.2) is 0 Å². The molecule has 21 heavy (non-hydrogen) atoms. The Labute approximate surface area is 119 Å². The second-order valence-electron chi connectivity index (χ2n) is 4.76. The van der Waals surface area contributed by atoms with E-state index in [1.807, 2.05) is 0 Å². The highest BCUT2D eigenvalue weighted by Crippen LogP contribution is 2.23. The lowest BCUT2D eigenvalue weighted by molar-refractivity contribution is 0.0699. The Morgan fingerprint density at radius 2 is 1.71 bits per heavy atom. The Morgan fingerprint density at radius 3 is 2.38 bits per heavy atom. The van der Waals surface area contributed by atoms with Crippen molar-refractivity contribution in [3.05, 3.63) is 71.4 Å². The van der Waals surface area contributed by atoms with E-state index in [2.05, 4.69) is 0 Å². The van der Waals surface area contributed by atoms with Crippen molar-refractivity contribution in [2.75, 3.05) is 0 Å². The van der Waals surface area contributed by atoms with Gasteiger partial charge in [0.1, 0.15) is 11.6 Å². The van der Waals surface area contributed by atoms with Crippen molar-refractivity contribution in [2.24, 2.45) is 0 Å². The molecule has 1 heterocycles. The van der Waals surface area contributed by atoms with Crippen molar-refractivity contribution >= 4 is 16.9 Å². The maximum atomic E-state index is 13.3. The molecule has 0 aliphatic rings. The van der Waals surface area contributed by atoms with Crippen LogP contribution in [-0.2, 0) is 6.54 Å². The van der Waals surface area contributed by atoms with Gasteiger partial charge in [-0.2, -0.15) is 0 Å². The molecule has 0 spiro atoms. The van der Waals surface area contributed by atoms with E-state index in [0.717, 1.165) is 5.56 Å². The van der Waals surface area contributed by atoms with E-state index in [9.17, 15) is 18.7 Å². The molecular weight excluding hydrogens is 276 g/mol. The largest absolute Gasteiger partial charge is 0.478 e. The van der Waals surface area contributed by atoms with E-state index in [4.69, 9.17) is 0 Å². The fraction of sp³-hybridized carbons (Fsp3) is 0.0625. The summed E-state index contributed by atoms with van der Waals surface area (Å²) < 4.78 is 27.9. The Kier molecular flexibility index (Phi) is 3.17. The zero-order valence-corrected chi connectivity index (χ0v) is 10.9. The quantitative estimate of drug-likeness (QED) is 0.798. The fourth-order valence-corrected chi connectivity index (χ4v) is 2.36. The molecule has 0 aliphatic heterocycles. The normalized spacial score (nSPS) is 11.0. The molecule has 3 nitrogen and oxygen atoms in total. The van der Waals surface area contributed by atoms with Gasteiger partial charge >= 0.3 is 5.97 Å². The van der Waals surface area contributed by atoms with Gasteiger partial charge in [-0.1, -0.05) is 12.1 Å². The van der Waals surface area contributed by atoms with Crippen LogP contribution in [0.5, 0.6) is 0 Å². The van der Waals surface area contributed by atoms with Crippen molar-refractivity contribution in [1.82, 2.24) is 4.57 Å². The molecule has 1 aromatic heterocycles. The van der Waals surface area contributed by atoms with Crippen molar-refractivity contribution in [3.63, 3.8) is 0 Å². The van der Waals surface area contributed by atoms with Crippen LogP contribution in [0, 0.1) is 11.6 Å². The summed E-state index contributed by atoms with van der Waals surface area (Å²) in [4.78, 5) is 11.3. The summed E-state index contributed by atoms with van der Waals surface area (Å²) in [6.07, 6.45) is 1.47. The molecule has 3 rings (SSSR count). The summed E-state index contributed by atoms with van der Waals surface area (Å²) in [5.41, 5.74) is 1.50. The van der Waals surface area contributed by atoms with Crippen molar-refractivity contribution < 1.29 is 18.7 Å². The Morgan fingerprint density at radius 1 is 1.05 bits per heavy atom. The summed E-state index contributed by atoms with van der Waals surface area (Å²) >= 11 is 0. The molecule has 0 atom stereocenters. The molecule has 0 radical (unpaired) electrons. The maximum Gasteiger partial charge on any atom is 0.337 e. The second-order valence-corrected chi connectivity index (χ2v) is 4.76. The number of aromatic carboxylic acids is 1. The Hall–Kier alpha value is -2.69. The van der Waals surface area contributed by atoms with Gasteiger partial charge in [-0.05, 0) is 35.9 Å². The molecule has 3 aromatic rings. The van der Waals surface area contributed by atoms with Crippen LogP contribution in [0.25, 0.3) is 10.9 Å². The predicted octanol–water partition coefficient (Wildman–Crippen LogP) is 3.67. The summed E-state index contributed by atoms with van der Waals surface area (Å²) in [6.45, 7) is 0.385. The van der Waals surface area contributed by atoms with Gasteiger partial charge in [-0.15, -0.1) is 0 Å². The first-order chi connectivity index (χ1) is 10.0. The molecule has 0 saturated carbocycles. The lowest BCUT2D eigenvalue weighted by Crippen LogP contribution is -1.98. The lowest BCUT2D eigenvalue weighted by Gasteiger charge is -2.05. The van der Waals surface area contributed by atoms with Gasteiger partial charge in [-0.25, -0.2) is 13.6 Å². The topological polar surface area (TPSA) is 42.2 Å². The average Bonchev–Trinajstić information content (AvgIpc) is 2.79. The lowest BCUT2D eigenvalue weighted by atomic mass is 10.2. The van der Waals surface area contributed by atoms with Crippen LogP contribution in [-0.4, -0.2) is 15.6 Å². The first-order valence-electron chi connectivity index (χ1n) is 6.31. The maximum absolute atomic E-state index is 13.3. The van der Waals surface area contributed by atoms with Crippen molar-refractivity contribution in [1.29, 1.82) is 0 Å². The third-order valence-corrected chi connectivity index (χ3v) is 3.34. The van der Waals surface area contributed by atoms with E-state index in [0.29, 0.717) is 17.4 Å². The highest BCUT2D eigenvalue weighted by atomic mass is 19.1. The molecule has 2 aromatic carbocycles. The van der Waals surface area contributed by atoms with Gasteiger partial charge in [0, 0.05) is 23.6 Å². The number of aromatic nitrogens is 1. The van der Waals surface area contributed by atoms with Crippen molar-refractivity contribution in [2.45, 2.75) is 6.54 Å². The minimum absolute atomic E-state index is 0.0478. The average molecular weight is 287 g/mol. The van der Waals surface area contributed by atoms with Gasteiger partial charge in [0.25, 0.3) is 0 Å². The number of nitrogens with zero attached hydrogens (tertiary/aromatic N) is 1. The molecule has 0 fully saturated rings. The molecule has 0 aliphatic carbocycles. The number of carboxylic acids is 1. The minimum Gasteiger partial charge on any atom is -0.478 e. The molecule has 5 heteroatoms. The highest BCUT2D eigenvalue weighted by molar-refractivity contribution is 6.03. The van der Waals surface area contributed by atoms with Crippen molar-refractivity contribution in [3.8, 4) is 0 Å². The number of carbonyl (C=O) groups is 1. The number of fused-ring (bicyclic) bond motifs is 1. The monoisotopic (exact) mass is 287 g/mol. The number of carboxylic acid groups (broad SMARTS) is 1. The van der Waals surface area contributed by atoms with Gasteiger partial charge in [0.2, 0.25) is 0 Å². The predicted molar refractivity (Wildman–Crippen MR) is 74.4 cm³/mol. The zero-order chi connectivity index (χ0) is 15.0. The van der Waals surface area contributed by atoms with E-state index in [1.165, 1.54) is 30.5 Å².